The average Bonchev–Trinajstić information content (AvgIpc) is 3.36. The lowest BCUT2D eigenvalue weighted by Gasteiger charge is -2.24. The van der Waals surface area contributed by atoms with Gasteiger partial charge in [0.2, 0.25) is 13.4 Å². The molecule has 0 saturated carbocycles. The second-order valence-electron chi connectivity index (χ2n) is 12.5. The second-order valence-corrected chi connectivity index (χ2v) is 12.5. The quantitative estimate of drug-likeness (QED) is 0.147. The maximum absolute atomic E-state index is 8.42. The number of nitrogens with zero attached hydrogens (tertiary/aromatic N) is 2. The Hall–Kier alpha value is -6.35. The van der Waals surface area contributed by atoms with Crippen molar-refractivity contribution < 1.29 is 0 Å². The maximum atomic E-state index is 8.42. The highest BCUT2D eigenvalue weighted by molar-refractivity contribution is 7.01. The number of hydrogen-bond acceptors (Lipinski definition) is 0. The molecule has 2 aliphatic heterocycles. The largest absolute Gasteiger partial charge is 0.240 e. The van der Waals surface area contributed by atoms with Crippen LogP contribution in [0.3, 0.4) is 0 Å². The summed E-state index contributed by atoms with van der Waals surface area (Å²) in [5, 5.41) is 0. The lowest BCUT2D eigenvalue weighted by atomic mass is 9.32. The van der Waals surface area contributed by atoms with Crippen LogP contribution >= 0.6 is 0 Å². The van der Waals surface area contributed by atoms with Crippen LogP contribution in [-0.2, 0) is 0 Å². The molecule has 0 radical (unpaired) electrons. The first-order valence-electron chi connectivity index (χ1n) is 16.2. The van der Waals surface area contributed by atoms with Crippen LogP contribution in [0.15, 0.2) is 158 Å². The topological polar surface area (TPSA) is 8.72 Å². The molecule has 7 aromatic carbocycles. The van der Waals surface area contributed by atoms with Gasteiger partial charge in [0.15, 0.2) is 11.4 Å². The summed E-state index contributed by atoms with van der Waals surface area (Å²) in [6.07, 6.45) is 0. The molecule has 2 aliphatic rings. The lowest BCUT2D eigenvalue weighted by Crippen LogP contribution is -2.57. The summed E-state index contributed by atoms with van der Waals surface area (Å²) in [4.78, 5) is 8.22. The molecule has 0 aromatic heterocycles. The third kappa shape index (κ3) is 4.14. The Morgan fingerprint density at radius 3 is 0.812 bits per heavy atom. The highest BCUT2D eigenvalue weighted by atomic mass is 14.7. The number of rotatable bonds is 2. The fourth-order valence-corrected chi connectivity index (χ4v) is 8.15. The molecule has 48 heavy (non-hydrogen) atoms. The zero-order chi connectivity index (χ0) is 32.2. The van der Waals surface area contributed by atoms with E-state index < -0.39 is 0 Å². The van der Waals surface area contributed by atoms with Crippen molar-refractivity contribution >= 4 is 57.6 Å². The van der Waals surface area contributed by atoms with Crippen molar-refractivity contribution in [2.24, 2.45) is 0 Å². The normalized spacial score (nSPS) is 12.0. The van der Waals surface area contributed by atoms with E-state index in [9.17, 15) is 0 Å². The molecule has 2 nitrogen and oxygen atoms in total. The monoisotopic (exact) mass is 604 g/mol. The molecule has 0 N–H and O–H groups in total. The minimum atomic E-state index is -0.208. The van der Waals surface area contributed by atoms with E-state index in [-0.39, 0.29) is 13.4 Å². The SMILES string of the molecule is [C-]#[N+]c1cc([N+]#[C-])c(B2c3ccccc3-c3ccccc3-c3ccccc32)cc1B1c2ccccc2-c2ccccc2-c2ccccc21. The number of fused-ring (bicyclic) bond motifs is 10. The second kappa shape index (κ2) is 11.2. The summed E-state index contributed by atoms with van der Waals surface area (Å²) in [5.74, 6) is 0. The van der Waals surface area contributed by atoms with Gasteiger partial charge >= 0.3 is 0 Å². The Morgan fingerprint density at radius 1 is 0.292 bits per heavy atom. The van der Waals surface area contributed by atoms with Gasteiger partial charge in [0, 0.05) is 0 Å². The number of hydrogen-bond donors (Lipinski definition) is 0. The first-order valence-corrected chi connectivity index (χ1v) is 16.2. The van der Waals surface area contributed by atoms with Crippen LogP contribution in [0.5, 0.6) is 0 Å². The molecule has 9 rings (SSSR count). The standard InChI is InChI=1S/C44H26B2N2/c1-47-43-28-44(48-2)42(46-39-25-13-9-21-35(39)31-17-5-6-18-32(31)36-22-10-14-26-40(36)46)27-41(43)45-37-23-11-7-19-33(37)29-15-3-4-16-30(29)34-20-8-12-24-38(34)45/h3-28H. The van der Waals surface area contributed by atoms with Crippen LogP contribution in [0.4, 0.5) is 11.4 Å². The first-order chi connectivity index (χ1) is 23.8. The molecule has 4 heteroatoms. The van der Waals surface area contributed by atoms with E-state index in [2.05, 4.69) is 161 Å². The van der Waals surface area contributed by atoms with Gasteiger partial charge in [0.05, 0.1) is 13.1 Å². The molecule has 0 spiro atoms. The molecule has 0 bridgehead atoms. The van der Waals surface area contributed by atoms with Gasteiger partial charge in [-0.05, 0) is 44.5 Å². The molecular formula is C44H26B2N2. The van der Waals surface area contributed by atoms with Crippen molar-refractivity contribution in [3.8, 4) is 44.5 Å². The molecule has 2 heterocycles. The summed E-state index contributed by atoms with van der Waals surface area (Å²) in [6, 6.07) is 55.7. The van der Waals surface area contributed by atoms with Crippen molar-refractivity contribution in [3.63, 3.8) is 0 Å². The zero-order valence-electron chi connectivity index (χ0n) is 26.1. The zero-order valence-corrected chi connectivity index (χ0v) is 26.1. The molecule has 0 atom stereocenters. The predicted molar refractivity (Wildman–Crippen MR) is 203 cm³/mol. The van der Waals surface area contributed by atoms with Crippen LogP contribution in [0.25, 0.3) is 54.2 Å². The molecule has 218 valence electrons. The molecule has 7 aromatic rings. The smallest absolute Gasteiger partial charge is 0.232 e. The van der Waals surface area contributed by atoms with E-state index in [1.807, 2.05) is 6.07 Å². The third-order valence-corrected chi connectivity index (χ3v) is 10.1. The van der Waals surface area contributed by atoms with Crippen molar-refractivity contribution in [3.05, 3.63) is 181 Å². The van der Waals surface area contributed by atoms with Crippen LogP contribution in [0.1, 0.15) is 0 Å². The van der Waals surface area contributed by atoms with Crippen LogP contribution in [0, 0.1) is 13.1 Å². The van der Waals surface area contributed by atoms with Crippen LogP contribution < -0.4 is 32.8 Å². The Bertz CT molecular complexity index is 2210. The summed E-state index contributed by atoms with van der Waals surface area (Å²) >= 11 is 0. The molecule has 0 amide bonds. The molecular weight excluding hydrogens is 578 g/mol. The highest BCUT2D eigenvalue weighted by Crippen LogP contribution is 2.36. The van der Waals surface area contributed by atoms with E-state index in [1.54, 1.807) is 0 Å². The van der Waals surface area contributed by atoms with E-state index >= 15 is 0 Å². The Labute approximate surface area is 281 Å². The van der Waals surface area contributed by atoms with Crippen molar-refractivity contribution in [1.29, 1.82) is 0 Å². The number of benzene rings is 7. The molecule has 0 unspecified atom stereocenters. The minimum absolute atomic E-state index is 0.208. The molecule has 0 saturated heterocycles. The molecule has 0 aliphatic carbocycles. The average molecular weight is 604 g/mol. The maximum Gasteiger partial charge on any atom is 0.232 e. The summed E-state index contributed by atoms with van der Waals surface area (Å²) in [5.41, 5.74) is 17.0. The lowest BCUT2D eigenvalue weighted by molar-refractivity contribution is 1.62. The van der Waals surface area contributed by atoms with Gasteiger partial charge in [0.25, 0.3) is 0 Å². The first kappa shape index (κ1) is 27.9. The molecule has 0 fully saturated rings. The Morgan fingerprint density at radius 2 is 0.542 bits per heavy atom. The fraction of sp³-hybridized carbons (Fsp3) is 0. The minimum Gasteiger partial charge on any atom is -0.240 e. The van der Waals surface area contributed by atoms with Crippen LogP contribution in [-0.4, -0.2) is 13.4 Å². The van der Waals surface area contributed by atoms with Crippen LogP contribution in [0.2, 0.25) is 0 Å². The third-order valence-electron chi connectivity index (χ3n) is 10.1. The summed E-state index contributed by atoms with van der Waals surface area (Å²) in [7, 11) is 0. The highest BCUT2D eigenvalue weighted by Gasteiger charge is 2.36. The van der Waals surface area contributed by atoms with E-state index in [0.29, 0.717) is 11.4 Å². The van der Waals surface area contributed by atoms with Gasteiger partial charge in [-0.15, -0.1) is 0 Å². The van der Waals surface area contributed by atoms with Gasteiger partial charge < -0.3 is 0 Å². The van der Waals surface area contributed by atoms with Gasteiger partial charge in [-0.3, -0.25) is 0 Å². The van der Waals surface area contributed by atoms with Gasteiger partial charge in [-0.2, -0.15) is 0 Å². The Balaban J connectivity index is 1.38. The van der Waals surface area contributed by atoms with E-state index in [1.165, 1.54) is 44.5 Å². The van der Waals surface area contributed by atoms with Gasteiger partial charge in [-0.1, -0.05) is 191 Å². The van der Waals surface area contributed by atoms with Crippen molar-refractivity contribution in [1.82, 2.24) is 0 Å². The fourth-order valence-electron chi connectivity index (χ4n) is 8.15. The van der Waals surface area contributed by atoms with Gasteiger partial charge in [-0.25, -0.2) is 9.69 Å². The van der Waals surface area contributed by atoms with E-state index in [0.717, 1.165) is 32.8 Å². The summed E-state index contributed by atoms with van der Waals surface area (Å²) < 4.78 is 0. The van der Waals surface area contributed by atoms with Crippen molar-refractivity contribution in [2.45, 2.75) is 0 Å². The van der Waals surface area contributed by atoms with Crippen molar-refractivity contribution in [2.75, 3.05) is 0 Å². The van der Waals surface area contributed by atoms with Gasteiger partial charge in [0.1, 0.15) is 0 Å². The summed E-state index contributed by atoms with van der Waals surface area (Å²) in [6.45, 7) is 16.4. The predicted octanol–water partition coefficient (Wildman–Crippen LogP) is 7.12. The Kier molecular flexibility index (Phi) is 6.50. The van der Waals surface area contributed by atoms with E-state index in [4.69, 9.17) is 13.1 Å².